The van der Waals surface area contributed by atoms with E-state index >= 15 is 0 Å². The Morgan fingerprint density at radius 3 is 2.86 bits per heavy atom. The lowest BCUT2D eigenvalue weighted by Gasteiger charge is -2.10. The molecule has 2 rings (SSSR count). The number of hydrogen-bond acceptors (Lipinski definition) is 6. The molecule has 2 aromatic rings. The molecule has 0 saturated carbocycles. The molecule has 22 heavy (non-hydrogen) atoms. The molecule has 2 aromatic heterocycles. The predicted octanol–water partition coefficient (Wildman–Crippen LogP) is 2.99. The van der Waals surface area contributed by atoms with Crippen molar-refractivity contribution in [2.24, 2.45) is 0 Å². The second-order valence-corrected chi connectivity index (χ2v) is 5.05. The van der Waals surface area contributed by atoms with E-state index in [1.165, 1.54) is 12.3 Å². The molecule has 0 aromatic carbocycles. The molecule has 0 aliphatic rings. The molecule has 2 heterocycles. The fraction of sp³-hybridized carbons (Fsp3) is 0.267. The molecule has 0 atom stereocenters. The Labute approximate surface area is 132 Å². The van der Waals surface area contributed by atoms with Gasteiger partial charge in [0.2, 0.25) is 11.8 Å². The molecule has 0 spiro atoms. The van der Waals surface area contributed by atoms with Crippen LogP contribution in [0.25, 0.3) is 6.08 Å². The van der Waals surface area contributed by atoms with Gasteiger partial charge in [0.15, 0.2) is 0 Å². The van der Waals surface area contributed by atoms with Crippen molar-refractivity contribution in [1.29, 1.82) is 0 Å². The summed E-state index contributed by atoms with van der Waals surface area (Å²) in [5, 5.41) is 4.65. The minimum atomic E-state index is -0.276. The number of hydrogen-bond donors (Lipinski definition) is 1. The molecule has 0 aliphatic carbocycles. The summed E-state index contributed by atoms with van der Waals surface area (Å²) in [6.07, 6.45) is 4.67. The molecule has 0 radical (unpaired) electrons. The Morgan fingerprint density at radius 2 is 2.18 bits per heavy atom. The van der Waals surface area contributed by atoms with E-state index in [9.17, 15) is 4.79 Å². The quantitative estimate of drug-likeness (QED) is 0.794. The maximum absolute atomic E-state index is 11.9. The highest BCUT2D eigenvalue weighted by atomic mass is 32.1. The van der Waals surface area contributed by atoms with Gasteiger partial charge in [-0.15, -0.1) is 11.3 Å². The van der Waals surface area contributed by atoms with Crippen molar-refractivity contribution in [2.75, 3.05) is 18.5 Å². The molecule has 6 nitrogen and oxygen atoms in total. The number of rotatable bonds is 7. The van der Waals surface area contributed by atoms with E-state index < -0.39 is 0 Å². The second kappa shape index (κ2) is 8.14. The summed E-state index contributed by atoms with van der Waals surface area (Å²) in [7, 11) is 0. The third-order valence-electron chi connectivity index (χ3n) is 2.49. The van der Waals surface area contributed by atoms with E-state index in [2.05, 4.69) is 15.3 Å². The monoisotopic (exact) mass is 319 g/mol. The maximum Gasteiger partial charge on any atom is 0.319 e. The van der Waals surface area contributed by atoms with E-state index in [4.69, 9.17) is 9.47 Å². The lowest BCUT2D eigenvalue weighted by atomic mass is 10.4. The largest absolute Gasteiger partial charge is 0.476 e. The van der Waals surface area contributed by atoms with Crippen molar-refractivity contribution >= 4 is 29.0 Å². The van der Waals surface area contributed by atoms with E-state index in [1.807, 2.05) is 31.4 Å². The zero-order valence-corrected chi connectivity index (χ0v) is 13.2. The van der Waals surface area contributed by atoms with Crippen LogP contribution in [-0.2, 0) is 4.79 Å². The van der Waals surface area contributed by atoms with Crippen LogP contribution in [0.1, 0.15) is 18.7 Å². The molecule has 0 fully saturated rings. The van der Waals surface area contributed by atoms with Gasteiger partial charge in [0.1, 0.15) is 5.69 Å². The minimum absolute atomic E-state index is 0.220. The third kappa shape index (κ3) is 4.56. The molecule has 0 aliphatic heterocycles. The number of nitrogens with one attached hydrogen (secondary N) is 1. The summed E-state index contributed by atoms with van der Waals surface area (Å²) in [4.78, 5) is 21.1. The fourth-order valence-electron chi connectivity index (χ4n) is 1.60. The van der Waals surface area contributed by atoms with Gasteiger partial charge in [0.05, 0.1) is 19.4 Å². The normalized spacial score (nSPS) is 10.6. The van der Waals surface area contributed by atoms with E-state index in [0.717, 1.165) is 4.88 Å². The highest BCUT2D eigenvalue weighted by Gasteiger charge is 2.11. The van der Waals surface area contributed by atoms with Crippen molar-refractivity contribution in [1.82, 2.24) is 9.97 Å². The predicted molar refractivity (Wildman–Crippen MR) is 86.4 cm³/mol. The Balaban J connectivity index is 2.08. The minimum Gasteiger partial charge on any atom is -0.476 e. The molecule has 0 saturated heterocycles. The number of carbonyl (C=O) groups excluding carboxylic acids is 1. The van der Waals surface area contributed by atoms with E-state index in [1.54, 1.807) is 17.4 Å². The number of aromatic nitrogens is 2. The highest BCUT2D eigenvalue weighted by molar-refractivity contribution is 7.10. The summed E-state index contributed by atoms with van der Waals surface area (Å²) in [6, 6.07) is 4.08. The number of thiophene rings is 1. The summed E-state index contributed by atoms with van der Waals surface area (Å²) in [5.74, 6) is 0.0148. The lowest BCUT2D eigenvalue weighted by molar-refractivity contribution is -0.111. The lowest BCUT2D eigenvalue weighted by Crippen LogP contribution is -2.11. The van der Waals surface area contributed by atoms with Crippen LogP contribution in [0.3, 0.4) is 0 Å². The number of amides is 1. The molecular formula is C15H17N3O3S. The molecule has 0 bridgehead atoms. The molecule has 1 amide bonds. The van der Waals surface area contributed by atoms with Crippen LogP contribution in [0.15, 0.2) is 29.8 Å². The Hall–Kier alpha value is -2.41. The van der Waals surface area contributed by atoms with Crippen molar-refractivity contribution < 1.29 is 14.3 Å². The second-order valence-electron chi connectivity index (χ2n) is 4.08. The van der Waals surface area contributed by atoms with Gasteiger partial charge in [-0.1, -0.05) is 6.07 Å². The van der Waals surface area contributed by atoms with Gasteiger partial charge in [0, 0.05) is 11.0 Å². The summed E-state index contributed by atoms with van der Waals surface area (Å²) in [5.41, 5.74) is 0.408. The topological polar surface area (TPSA) is 73.3 Å². The van der Waals surface area contributed by atoms with Crippen LogP contribution >= 0.6 is 11.3 Å². The third-order valence-corrected chi connectivity index (χ3v) is 3.32. The maximum atomic E-state index is 11.9. The number of ether oxygens (including phenoxy) is 2. The van der Waals surface area contributed by atoms with Gasteiger partial charge in [-0.3, -0.25) is 4.79 Å². The van der Waals surface area contributed by atoms with Crippen molar-refractivity contribution in [3.8, 4) is 11.9 Å². The first-order valence-electron chi connectivity index (χ1n) is 6.88. The zero-order chi connectivity index (χ0) is 15.8. The average molecular weight is 319 g/mol. The average Bonchev–Trinajstić information content (AvgIpc) is 3.02. The van der Waals surface area contributed by atoms with Gasteiger partial charge in [-0.25, -0.2) is 4.98 Å². The van der Waals surface area contributed by atoms with Gasteiger partial charge in [-0.2, -0.15) is 4.98 Å². The Morgan fingerprint density at radius 1 is 1.36 bits per heavy atom. The summed E-state index contributed by atoms with van der Waals surface area (Å²) < 4.78 is 10.6. The van der Waals surface area contributed by atoms with E-state index in [0.29, 0.717) is 24.8 Å². The standard InChI is InChI=1S/C15H17N3O3S/c1-3-20-14-12(10-16-15(18-14)21-4-2)17-13(19)8-7-11-6-5-9-22-11/h5-10H,3-4H2,1-2H3,(H,17,19)/b8-7+. The molecule has 1 N–H and O–H groups in total. The van der Waals surface area contributed by atoms with E-state index in [-0.39, 0.29) is 11.9 Å². The van der Waals surface area contributed by atoms with Crippen LogP contribution < -0.4 is 14.8 Å². The molecule has 0 unspecified atom stereocenters. The van der Waals surface area contributed by atoms with Crippen LogP contribution in [0.5, 0.6) is 11.9 Å². The van der Waals surface area contributed by atoms with Crippen LogP contribution in [-0.4, -0.2) is 29.1 Å². The van der Waals surface area contributed by atoms with Crippen molar-refractivity contribution in [3.05, 3.63) is 34.7 Å². The molecule has 116 valence electrons. The molecular weight excluding hydrogens is 302 g/mol. The summed E-state index contributed by atoms with van der Waals surface area (Å²) >= 11 is 1.56. The van der Waals surface area contributed by atoms with Crippen LogP contribution in [0, 0.1) is 0 Å². The SMILES string of the molecule is CCOc1ncc(NC(=O)/C=C/c2cccs2)c(OCC)n1. The van der Waals surface area contributed by atoms with Gasteiger partial charge in [-0.05, 0) is 31.4 Å². The number of carbonyl (C=O) groups is 1. The summed E-state index contributed by atoms with van der Waals surface area (Å²) in [6.45, 7) is 4.57. The van der Waals surface area contributed by atoms with Gasteiger partial charge < -0.3 is 14.8 Å². The zero-order valence-electron chi connectivity index (χ0n) is 12.4. The van der Waals surface area contributed by atoms with Gasteiger partial charge >= 0.3 is 6.01 Å². The van der Waals surface area contributed by atoms with Crippen LogP contribution in [0.2, 0.25) is 0 Å². The van der Waals surface area contributed by atoms with Crippen molar-refractivity contribution in [3.63, 3.8) is 0 Å². The highest BCUT2D eigenvalue weighted by Crippen LogP contribution is 2.23. The number of nitrogens with zero attached hydrogens (tertiary/aromatic N) is 2. The number of anilines is 1. The fourth-order valence-corrected chi connectivity index (χ4v) is 2.22. The van der Waals surface area contributed by atoms with Gasteiger partial charge in [0.25, 0.3) is 0 Å². The first-order valence-corrected chi connectivity index (χ1v) is 7.76. The first-order chi connectivity index (χ1) is 10.7. The smallest absolute Gasteiger partial charge is 0.319 e. The Kier molecular flexibility index (Phi) is 5.91. The Bertz CT molecular complexity index is 641. The molecule has 7 heteroatoms. The van der Waals surface area contributed by atoms with Crippen LogP contribution in [0.4, 0.5) is 5.69 Å². The van der Waals surface area contributed by atoms with Crippen molar-refractivity contribution in [2.45, 2.75) is 13.8 Å². The first kappa shape index (κ1) is 16.0.